The summed E-state index contributed by atoms with van der Waals surface area (Å²) in [6.07, 6.45) is 0.482. The maximum Gasteiger partial charge on any atom is 0.180 e. The van der Waals surface area contributed by atoms with E-state index in [1.54, 1.807) is 42.3 Å². The third kappa shape index (κ3) is 4.32. The van der Waals surface area contributed by atoms with Gasteiger partial charge in [-0.05, 0) is 30.2 Å². The monoisotopic (exact) mass is 400 g/mol. The highest BCUT2D eigenvalue weighted by molar-refractivity contribution is 8.15. The van der Waals surface area contributed by atoms with E-state index in [2.05, 4.69) is 17.1 Å². The standard InChI is InChI=1S/C20H20N2O3S2/c1-24-20(25-10-9-13-5-3-2-4-6-13)16-12-26-18(22-16)19-21-15-8-7-14(23)11-17(15)27-19/h2-8,11,16,20,23H,9-10,12H2,1H3. The molecule has 1 aliphatic heterocycles. The molecule has 0 saturated heterocycles. The Labute approximate surface area is 166 Å². The molecular formula is C20H20N2O3S2. The lowest BCUT2D eigenvalue weighted by Crippen LogP contribution is -2.30. The maximum absolute atomic E-state index is 9.63. The zero-order valence-corrected chi connectivity index (χ0v) is 16.5. The Morgan fingerprint density at radius 2 is 2.07 bits per heavy atom. The molecule has 5 nitrogen and oxygen atoms in total. The second-order valence-electron chi connectivity index (χ2n) is 6.19. The van der Waals surface area contributed by atoms with E-state index in [0.29, 0.717) is 6.61 Å². The minimum Gasteiger partial charge on any atom is -0.508 e. The summed E-state index contributed by atoms with van der Waals surface area (Å²) in [4.78, 5) is 9.42. The van der Waals surface area contributed by atoms with Crippen LogP contribution >= 0.6 is 23.1 Å². The summed E-state index contributed by atoms with van der Waals surface area (Å²) in [5.74, 6) is 1.06. The molecule has 1 N–H and O–H groups in total. The fourth-order valence-corrected chi connectivity index (χ4v) is 5.06. The van der Waals surface area contributed by atoms with Crippen LogP contribution in [-0.2, 0) is 15.9 Å². The molecule has 27 heavy (non-hydrogen) atoms. The molecule has 0 radical (unpaired) electrons. The van der Waals surface area contributed by atoms with E-state index in [0.717, 1.165) is 32.4 Å². The van der Waals surface area contributed by atoms with Gasteiger partial charge in [0, 0.05) is 12.9 Å². The number of aliphatic imine (C=N–C) groups is 1. The average molecular weight is 401 g/mol. The Balaban J connectivity index is 1.41. The van der Waals surface area contributed by atoms with E-state index in [4.69, 9.17) is 14.5 Å². The van der Waals surface area contributed by atoms with Crippen LogP contribution in [0.2, 0.25) is 0 Å². The van der Waals surface area contributed by atoms with Crippen molar-refractivity contribution in [2.75, 3.05) is 19.5 Å². The number of phenolic OH excluding ortho intramolecular Hbond substituents is 1. The molecule has 4 rings (SSSR count). The highest BCUT2D eigenvalue weighted by Gasteiger charge is 2.29. The minimum absolute atomic E-state index is 0.0498. The molecule has 7 heteroatoms. The number of hydrogen-bond donors (Lipinski definition) is 1. The molecule has 0 saturated carbocycles. The van der Waals surface area contributed by atoms with Crippen LogP contribution in [0.3, 0.4) is 0 Å². The van der Waals surface area contributed by atoms with Crippen LogP contribution in [0.25, 0.3) is 10.2 Å². The van der Waals surface area contributed by atoms with E-state index >= 15 is 0 Å². The zero-order chi connectivity index (χ0) is 18.6. The molecule has 0 fully saturated rings. The van der Waals surface area contributed by atoms with Crippen molar-refractivity contribution in [3.05, 3.63) is 59.1 Å². The van der Waals surface area contributed by atoms with Crippen LogP contribution in [0.4, 0.5) is 0 Å². The number of benzene rings is 2. The predicted molar refractivity (Wildman–Crippen MR) is 111 cm³/mol. The lowest BCUT2D eigenvalue weighted by Gasteiger charge is -2.19. The van der Waals surface area contributed by atoms with Crippen molar-refractivity contribution in [1.82, 2.24) is 4.98 Å². The fourth-order valence-electron chi connectivity index (χ4n) is 2.92. The van der Waals surface area contributed by atoms with Gasteiger partial charge in [0.25, 0.3) is 0 Å². The van der Waals surface area contributed by atoms with Gasteiger partial charge in [-0.25, -0.2) is 4.98 Å². The van der Waals surface area contributed by atoms with Gasteiger partial charge in [-0.1, -0.05) is 30.3 Å². The first-order chi connectivity index (χ1) is 13.2. The van der Waals surface area contributed by atoms with E-state index in [9.17, 15) is 5.11 Å². The molecule has 2 unspecified atom stereocenters. The predicted octanol–water partition coefficient (Wildman–Crippen LogP) is 4.10. The van der Waals surface area contributed by atoms with Crippen molar-refractivity contribution in [3.63, 3.8) is 0 Å². The maximum atomic E-state index is 9.63. The van der Waals surface area contributed by atoms with Crippen LogP contribution in [0.15, 0.2) is 53.5 Å². The number of fused-ring (bicyclic) bond motifs is 1. The van der Waals surface area contributed by atoms with E-state index < -0.39 is 0 Å². The quantitative estimate of drug-likeness (QED) is 0.605. The van der Waals surface area contributed by atoms with Crippen LogP contribution in [-0.4, -0.2) is 46.9 Å². The smallest absolute Gasteiger partial charge is 0.180 e. The van der Waals surface area contributed by atoms with Crippen molar-refractivity contribution in [1.29, 1.82) is 0 Å². The summed E-state index contributed by atoms with van der Waals surface area (Å²) in [7, 11) is 1.66. The third-order valence-corrected chi connectivity index (χ3v) is 6.53. The van der Waals surface area contributed by atoms with Crippen LogP contribution < -0.4 is 0 Å². The Hall–Kier alpha value is -1.93. The first kappa shape index (κ1) is 18.4. The summed E-state index contributed by atoms with van der Waals surface area (Å²) in [5, 5.41) is 11.4. The number of nitrogens with zero attached hydrogens (tertiary/aromatic N) is 2. The van der Waals surface area contributed by atoms with Crippen LogP contribution in [0.1, 0.15) is 10.6 Å². The Kier molecular flexibility index (Phi) is 5.73. The lowest BCUT2D eigenvalue weighted by molar-refractivity contribution is -0.131. The van der Waals surface area contributed by atoms with Crippen molar-refractivity contribution in [2.45, 2.75) is 18.8 Å². The Morgan fingerprint density at radius 1 is 1.22 bits per heavy atom. The second-order valence-corrected chi connectivity index (χ2v) is 8.23. The Morgan fingerprint density at radius 3 is 2.89 bits per heavy atom. The van der Waals surface area contributed by atoms with Gasteiger partial charge in [0.15, 0.2) is 6.29 Å². The van der Waals surface area contributed by atoms with Crippen LogP contribution in [0.5, 0.6) is 5.75 Å². The zero-order valence-electron chi connectivity index (χ0n) is 14.9. The van der Waals surface area contributed by atoms with Crippen molar-refractivity contribution >= 4 is 38.4 Å². The van der Waals surface area contributed by atoms with Gasteiger partial charge >= 0.3 is 0 Å². The average Bonchev–Trinajstić information content (AvgIpc) is 3.32. The van der Waals surface area contributed by atoms with Gasteiger partial charge in [0.1, 0.15) is 21.8 Å². The molecule has 1 aliphatic rings. The van der Waals surface area contributed by atoms with Gasteiger partial charge in [0.2, 0.25) is 0 Å². The largest absolute Gasteiger partial charge is 0.508 e. The summed E-state index contributed by atoms with van der Waals surface area (Å²) in [6.45, 7) is 0.592. The molecule has 0 spiro atoms. The normalized spacial score (nSPS) is 18.0. The summed E-state index contributed by atoms with van der Waals surface area (Å²) in [6, 6.07) is 15.4. The molecule has 140 valence electrons. The van der Waals surface area contributed by atoms with Gasteiger partial charge in [-0.15, -0.1) is 23.1 Å². The lowest BCUT2D eigenvalue weighted by atomic mass is 10.2. The highest BCUT2D eigenvalue weighted by atomic mass is 32.2. The molecule has 2 aromatic carbocycles. The van der Waals surface area contributed by atoms with Crippen molar-refractivity contribution < 1.29 is 14.6 Å². The summed E-state index contributed by atoms with van der Waals surface area (Å²) >= 11 is 3.21. The molecule has 0 aliphatic carbocycles. The van der Waals surface area contributed by atoms with Crippen LogP contribution in [0, 0.1) is 0 Å². The van der Waals surface area contributed by atoms with Crippen molar-refractivity contribution in [2.24, 2.45) is 4.99 Å². The third-order valence-electron chi connectivity index (χ3n) is 4.29. The summed E-state index contributed by atoms with van der Waals surface area (Å²) in [5.41, 5.74) is 2.12. The number of methoxy groups -OCH3 is 1. The van der Waals surface area contributed by atoms with Gasteiger partial charge in [-0.2, -0.15) is 0 Å². The van der Waals surface area contributed by atoms with Gasteiger partial charge in [0.05, 0.1) is 16.8 Å². The summed E-state index contributed by atoms with van der Waals surface area (Å²) < 4.78 is 12.4. The fraction of sp³-hybridized carbons (Fsp3) is 0.300. The second kappa shape index (κ2) is 8.39. The van der Waals surface area contributed by atoms with Crippen molar-refractivity contribution in [3.8, 4) is 5.75 Å². The first-order valence-corrected chi connectivity index (χ1v) is 10.5. The molecule has 2 atom stereocenters. The number of ether oxygens (including phenoxy) is 2. The highest BCUT2D eigenvalue weighted by Crippen LogP contribution is 2.32. The van der Waals surface area contributed by atoms with E-state index in [-0.39, 0.29) is 18.1 Å². The molecule has 3 aromatic rings. The molecular weight excluding hydrogens is 380 g/mol. The number of rotatable bonds is 7. The topological polar surface area (TPSA) is 63.9 Å². The molecule has 0 bridgehead atoms. The molecule has 0 amide bonds. The molecule has 1 aromatic heterocycles. The van der Waals surface area contributed by atoms with E-state index in [1.165, 1.54) is 5.56 Å². The number of thiazole rings is 1. The van der Waals surface area contributed by atoms with E-state index in [1.807, 2.05) is 24.3 Å². The number of hydrogen-bond acceptors (Lipinski definition) is 7. The number of phenols is 1. The number of aromatic nitrogens is 1. The minimum atomic E-state index is -0.364. The van der Waals surface area contributed by atoms with Gasteiger partial charge in [-0.3, -0.25) is 4.99 Å². The van der Waals surface area contributed by atoms with Gasteiger partial charge < -0.3 is 14.6 Å². The molecule has 2 heterocycles. The number of aromatic hydroxyl groups is 1. The Bertz CT molecular complexity index is 943. The first-order valence-electron chi connectivity index (χ1n) is 8.72. The SMILES string of the molecule is COC(OCCc1ccccc1)C1CSC(c2nc3ccc(O)cc3s2)=N1. The number of thioether (sulfide) groups is 1.